The highest BCUT2D eigenvalue weighted by molar-refractivity contribution is 5.58. The molecule has 0 amide bonds. The zero-order chi connectivity index (χ0) is 18.2. The molecular weight excluding hydrogens is 328 g/mol. The molecule has 0 saturated carbocycles. The first-order valence-corrected chi connectivity index (χ1v) is 8.68. The topological polar surface area (TPSA) is 68.9 Å². The summed E-state index contributed by atoms with van der Waals surface area (Å²) in [5.41, 5.74) is 2.54. The number of nitrogens with one attached hydrogen (secondary N) is 1. The Balaban J connectivity index is 1.65. The molecule has 0 aromatic carbocycles. The molecule has 3 rings (SSSR count). The van der Waals surface area contributed by atoms with Gasteiger partial charge in [0.1, 0.15) is 0 Å². The lowest BCUT2D eigenvalue weighted by atomic mass is 10.0. The normalized spacial score (nSPS) is 13.6. The fraction of sp³-hybridized carbons (Fsp3) is 0.300. The number of piperidine rings is 1. The average molecular weight is 349 g/mol. The van der Waals surface area contributed by atoms with Crippen LogP contribution >= 0.6 is 0 Å². The zero-order valence-electron chi connectivity index (χ0n) is 14.7. The molecule has 0 bridgehead atoms. The molecule has 1 aliphatic rings. The van der Waals surface area contributed by atoms with Crippen molar-refractivity contribution in [1.82, 2.24) is 4.98 Å². The van der Waals surface area contributed by atoms with Gasteiger partial charge in [-0.1, -0.05) is 17.4 Å². The smallest absolute Gasteiger partial charge is 0.304 e. The Morgan fingerprint density at radius 1 is 1.35 bits per heavy atom. The Hall–Kier alpha value is -3.20. The molecule has 0 atom stereocenters. The molecule has 26 heavy (non-hydrogen) atoms. The maximum absolute atomic E-state index is 10.9. The molecule has 3 heterocycles. The largest absolute Gasteiger partial charge is 0.477 e. The van der Waals surface area contributed by atoms with Crippen molar-refractivity contribution >= 4 is 11.5 Å². The second-order valence-electron chi connectivity index (χ2n) is 5.84. The van der Waals surface area contributed by atoms with Gasteiger partial charge in [-0.05, 0) is 42.4 Å². The average Bonchev–Trinajstić information content (AvgIpc) is 2.70. The first-order chi connectivity index (χ1) is 12.8. The number of H-pyrrole nitrogens is 1. The Morgan fingerprint density at radius 3 is 2.96 bits per heavy atom. The van der Waals surface area contributed by atoms with Crippen molar-refractivity contribution in [3.8, 4) is 17.7 Å². The number of aromatic amines is 1. The molecule has 2 aromatic rings. The standard InChI is InChI=1S/C20H20N4O2/c1-2-26-20-17(8-4-13-22-20)7-3-6-16-10-14-24(15-11-16)19-18(23-25)9-5-12-21-19/h4-6,8-9,12-13H,2,10-11,14-15H2,1H3/p+1. The van der Waals surface area contributed by atoms with Gasteiger partial charge in [0.05, 0.1) is 31.5 Å². The Kier molecular flexibility index (Phi) is 5.94. The van der Waals surface area contributed by atoms with E-state index >= 15 is 0 Å². The van der Waals surface area contributed by atoms with Crippen molar-refractivity contribution in [2.75, 3.05) is 24.6 Å². The van der Waals surface area contributed by atoms with Crippen molar-refractivity contribution < 1.29 is 9.72 Å². The molecule has 0 radical (unpaired) electrons. The number of hydrogen-bond acceptors (Lipinski definition) is 5. The number of hydrogen-bond donors (Lipinski definition) is 0. The van der Waals surface area contributed by atoms with Gasteiger partial charge in [0.2, 0.25) is 5.88 Å². The zero-order valence-corrected chi connectivity index (χ0v) is 14.7. The Bertz CT molecular complexity index is 857. The van der Waals surface area contributed by atoms with Gasteiger partial charge in [0.25, 0.3) is 0 Å². The number of anilines is 1. The molecule has 1 saturated heterocycles. The van der Waals surface area contributed by atoms with Crippen LogP contribution in [0, 0.1) is 16.7 Å². The van der Waals surface area contributed by atoms with Gasteiger partial charge in [0.15, 0.2) is 5.69 Å². The molecule has 1 fully saturated rings. The lowest BCUT2D eigenvalue weighted by Crippen LogP contribution is -2.34. The predicted molar refractivity (Wildman–Crippen MR) is 100 cm³/mol. The third-order valence-corrected chi connectivity index (χ3v) is 4.17. The summed E-state index contributed by atoms with van der Waals surface area (Å²) >= 11 is 0. The lowest BCUT2D eigenvalue weighted by Gasteiger charge is -2.23. The molecule has 0 unspecified atom stereocenters. The van der Waals surface area contributed by atoms with Crippen LogP contribution in [0.5, 0.6) is 5.88 Å². The van der Waals surface area contributed by atoms with Gasteiger partial charge in [-0.25, -0.2) is 9.97 Å². The molecule has 132 valence electrons. The van der Waals surface area contributed by atoms with Gasteiger partial charge in [-0.15, -0.1) is 4.91 Å². The Labute approximate surface area is 152 Å². The number of rotatable bonds is 4. The van der Waals surface area contributed by atoms with E-state index in [1.54, 1.807) is 18.3 Å². The highest BCUT2D eigenvalue weighted by Gasteiger charge is 2.24. The predicted octanol–water partition coefficient (Wildman–Crippen LogP) is 3.27. The van der Waals surface area contributed by atoms with E-state index in [4.69, 9.17) is 4.74 Å². The Morgan fingerprint density at radius 2 is 2.19 bits per heavy atom. The quantitative estimate of drug-likeness (QED) is 0.627. The fourth-order valence-corrected chi connectivity index (χ4v) is 2.86. The van der Waals surface area contributed by atoms with Crippen molar-refractivity contribution in [2.24, 2.45) is 5.18 Å². The highest BCUT2D eigenvalue weighted by atomic mass is 16.5. The van der Waals surface area contributed by atoms with Crippen molar-refractivity contribution in [2.45, 2.75) is 19.8 Å². The summed E-state index contributed by atoms with van der Waals surface area (Å²) in [4.78, 5) is 20.4. The monoisotopic (exact) mass is 349 g/mol. The van der Waals surface area contributed by atoms with E-state index in [0.29, 0.717) is 18.2 Å². The van der Waals surface area contributed by atoms with E-state index in [2.05, 4.69) is 31.9 Å². The highest BCUT2D eigenvalue weighted by Crippen LogP contribution is 2.27. The molecule has 1 aliphatic heterocycles. The van der Waals surface area contributed by atoms with Gasteiger partial charge < -0.3 is 4.74 Å². The number of aromatic nitrogens is 2. The van der Waals surface area contributed by atoms with Crippen LogP contribution in [-0.4, -0.2) is 24.7 Å². The van der Waals surface area contributed by atoms with Crippen LogP contribution in [0.25, 0.3) is 0 Å². The third kappa shape index (κ3) is 4.25. The molecule has 0 aliphatic carbocycles. The molecular formula is C20H21N4O2+. The summed E-state index contributed by atoms with van der Waals surface area (Å²) < 4.78 is 5.49. The van der Waals surface area contributed by atoms with Crippen LogP contribution in [0.15, 0.2) is 53.5 Å². The van der Waals surface area contributed by atoms with Gasteiger partial charge >= 0.3 is 5.82 Å². The van der Waals surface area contributed by atoms with Crippen LogP contribution < -0.4 is 14.6 Å². The van der Waals surface area contributed by atoms with E-state index in [-0.39, 0.29) is 0 Å². The summed E-state index contributed by atoms with van der Waals surface area (Å²) in [6.45, 7) is 4.15. The maximum atomic E-state index is 10.9. The number of allylic oxidation sites excluding steroid dienone is 1. The van der Waals surface area contributed by atoms with Crippen molar-refractivity contribution in [3.05, 3.63) is 58.8 Å². The van der Waals surface area contributed by atoms with E-state index in [1.165, 1.54) is 5.57 Å². The number of ether oxygens (including phenoxy) is 1. The minimum atomic E-state index is 0.444. The maximum Gasteiger partial charge on any atom is 0.304 e. The minimum Gasteiger partial charge on any atom is -0.477 e. The lowest BCUT2D eigenvalue weighted by molar-refractivity contribution is -0.363. The summed E-state index contributed by atoms with van der Waals surface area (Å²) in [5, 5.41) is 3.09. The van der Waals surface area contributed by atoms with Crippen LogP contribution in [-0.2, 0) is 0 Å². The first-order valence-electron chi connectivity index (χ1n) is 8.68. The molecule has 2 aromatic heterocycles. The van der Waals surface area contributed by atoms with E-state index in [9.17, 15) is 4.91 Å². The van der Waals surface area contributed by atoms with Crippen LogP contribution in [0.2, 0.25) is 0 Å². The van der Waals surface area contributed by atoms with Crippen LogP contribution in [0.4, 0.5) is 11.5 Å². The second kappa shape index (κ2) is 8.77. The van der Waals surface area contributed by atoms with E-state index in [1.807, 2.05) is 31.3 Å². The molecule has 1 N–H and O–H groups in total. The summed E-state index contributed by atoms with van der Waals surface area (Å²) in [5.74, 6) is 7.59. The number of nitroso groups, excluding NO2 is 1. The SMILES string of the molecule is CCOc1ncccc1C#CC=C1CCN(c2[nH+]cccc2N=O)CC1. The molecule has 6 nitrogen and oxygen atoms in total. The van der Waals surface area contributed by atoms with Gasteiger partial charge in [-0.3, -0.25) is 4.90 Å². The first kappa shape index (κ1) is 17.6. The molecule has 0 spiro atoms. The van der Waals surface area contributed by atoms with E-state index < -0.39 is 0 Å². The second-order valence-corrected chi connectivity index (χ2v) is 5.84. The molecule has 6 heteroatoms. The van der Waals surface area contributed by atoms with Gasteiger partial charge in [0, 0.05) is 19.0 Å². The van der Waals surface area contributed by atoms with Crippen molar-refractivity contribution in [1.29, 1.82) is 0 Å². The van der Waals surface area contributed by atoms with Crippen LogP contribution in [0.3, 0.4) is 0 Å². The van der Waals surface area contributed by atoms with Crippen LogP contribution in [0.1, 0.15) is 25.3 Å². The summed E-state index contributed by atoms with van der Waals surface area (Å²) in [6.07, 6.45) is 7.30. The minimum absolute atomic E-state index is 0.444. The summed E-state index contributed by atoms with van der Waals surface area (Å²) in [6, 6.07) is 7.26. The third-order valence-electron chi connectivity index (χ3n) is 4.17. The van der Waals surface area contributed by atoms with Crippen molar-refractivity contribution in [3.63, 3.8) is 0 Å². The fourth-order valence-electron chi connectivity index (χ4n) is 2.86. The van der Waals surface area contributed by atoms with E-state index in [0.717, 1.165) is 37.3 Å². The van der Waals surface area contributed by atoms with Gasteiger partial charge in [-0.2, -0.15) is 0 Å². The summed E-state index contributed by atoms with van der Waals surface area (Å²) in [7, 11) is 0. The number of nitrogens with zero attached hydrogens (tertiary/aromatic N) is 3. The number of pyridine rings is 2.